The zero-order chi connectivity index (χ0) is 14.5. The summed E-state index contributed by atoms with van der Waals surface area (Å²) in [5.41, 5.74) is 8.71. The first kappa shape index (κ1) is 14.5. The molecule has 0 aliphatic rings. The van der Waals surface area contributed by atoms with Crippen molar-refractivity contribution >= 4 is 22.9 Å². The van der Waals surface area contributed by atoms with E-state index in [4.69, 9.17) is 18.0 Å². The molecule has 20 heavy (non-hydrogen) atoms. The second-order valence-corrected chi connectivity index (χ2v) is 5.38. The zero-order valence-corrected chi connectivity index (χ0v) is 12.6. The maximum Gasteiger partial charge on any atom is 0.124 e. The molecule has 1 aromatic heterocycles. The average molecular weight is 285 g/mol. The van der Waals surface area contributed by atoms with Crippen LogP contribution >= 0.6 is 12.2 Å². The molecular formula is C16H19N3S. The van der Waals surface area contributed by atoms with Gasteiger partial charge in [-0.2, -0.15) is 0 Å². The Morgan fingerprint density at radius 3 is 2.50 bits per heavy atom. The van der Waals surface area contributed by atoms with Crippen LogP contribution in [0.15, 0.2) is 48.7 Å². The monoisotopic (exact) mass is 285 g/mol. The van der Waals surface area contributed by atoms with Crippen molar-refractivity contribution in [2.24, 2.45) is 5.73 Å². The molecule has 0 radical (unpaired) electrons. The fourth-order valence-electron chi connectivity index (χ4n) is 2.14. The largest absolute Gasteiger partial charge is 0.388 e. The number of aromatic nitrogens is 1. The summed E-state index contributed by atoms with van der Waals surface area (Å²) in [7, 11) is 0. The van der Waals surface area contributed by atoms with E-state index in [9.17, 15) is 0 Å². The Labute approximate surface area is 125 Å². The van der Waals surface area contributed by atoms with Crippen molar-refractivity contribution in [3.8, 4) is 0 Å². The van der Waals surface area contributed by atoms with Crippen LogP contribution in [0.3, 0.4) is 0 Å². The van der Waals surface area contributed by atoms with Crippen molar-refractivity contribution in [3.05, 3.63) is 59.9 Å². The Hall–Kier alpha value is -1.94. The highest BCUT2D eigenvalue weighted by atomic mass is 32.1. The van der Waals surface area contributed by atoms with Crippen LogP contribution in [0.5, 0.6) is 0 Å². The van der Waals surface area contributed by atoms with Gasteiger partial charge < -0.3 is 10.6 Å². The van der Waals surface area contributed by atoms with E-state index in [0.717, 1.165) is 12.2 Å². The third kappa shape index (κ3) is 3.33. The highest BCUT2D eigenvalue weighted by molar-refractivity contribution is 7.80. The van der Waals surface area contributed by atoms with E-state index in [-0.39, 0.29) is 0 Å². The van der Waals surface area contributed by atoms with Gasteiger partial charge in [0, 0.05) is 18.8 Å². The van der Waals surface area contributed by atoms with E-state index in [1.165, 1.54) is 5.56 Å². The molecule has 0 aliphatic carbocycles. The maximum absolute atomic E-state index is 5.79. The summed E-state index contributed by atoms with van der Waals surface area (Å²) in [5, 5.41) is 0. The van der Waals surface area contributed by atoms with E-state index < -0.39 is 0 Å². The lowest BCUT2D eigenvalue weighted by atomic mass is 10.1. The average Bonchev–Trinajstić information content (AvgIpc) is 2.45. The number of rotatable bonds is 5. The van der Waals surface area contributed by atoms with Crippen LogP contribution in [0.1, 0.15) is 25.1 Å². The van der Waals surface area contributed by atoms with E-state index in [1.807, 2.05) is 30.3 Å². The summed E-state index contributed by atoms with van der Waals surface area (Å²) in [6.07, 6.45) is 1.72. The minimum Gasteiger partial charge on any atom is -0.388 e. The number of thiocarbonyl (C=S) groups is 1. The van der Waals surface area contributed by atoms with E-state index in [2.05, 4.69) is 35.9 Å². The van der Waals surface area contributed by atoms with Crippen LogP contribution in [0.2, 0.25) is 0 Å². The van der Waals surface area contributed by atoms with Gasteiger partial charge in [0.1, 0.15) is 10.7 Å². The minimum absolute atomic E-state index is 0.326. The standard InChI is InChI=1S/C16H19N3S/c1-12(2)19(11-13-7-4-3-5-8-13)14-9-6-10-18-15(14)16(17)20/h3-10,12H,11H2,1-2H3,(H2,17,20). The first-order chi connectivity index (χ1) is 9.59. The molecule has 0 fully saturated rings. The van der Waals surface area contributed by atoms with Crippen LogP contribution in [0, 0.1) is 0 Å². The molecule has 0 amide bonds. The first-order valence-electron chi connectivity index (χ1n) is 6.65. The molecule has 2 N–H and O–H groups in total. The molecule has 0 aliphatic heterocycles. The molecule has 1 heterocycles. The lowest BCUT2D eigenvalue weighted by molar-refractivity contribution is 0.680. The molecule has 104 valence electrons. The van der Waals surface area contributed by atoms with Crippen molar-refractivity contribution in [3.63, 3.8) is 0 Å². The Bertz CT molecular complexity index is 581. The van der Waals surface area contributed by atoms with Crippen LogP contribution in [-0.2, 0) is 6.54 Å². The number of benzene rings is 1. The molecule has 0 saturated heterocycles. The third-order valence-corrected chi connectivity index (χ3v) is 3.34. The lowest BCUT2D eigenvalue weighted by Gasteiger charge is -2.30. The van der Waals surface area contributed by atoms with Gasteiger partial charge in [-0.25, -0.2) is 0 Å². The van der Waals surface area contributed by atoms with Crippen molar-refractivity contribution in [2.45, 2.75) is 26.4 Å². The van der Waals surface area contributed by atoms with Gasteiger partial charge in [0.05, 0.1) is 5.69 Å². The SMILES string of the molecule is CC(C)N(Cc1ccccc1)c1cccnc1C(N)=S. The van der Waals surface area contributed by atoms with Gasteiger partial charge in [0.15, 0.2) is 0 Å². The highest BCUT2D eigenvalue weighted by Gasteiger charge is 2.16. The minimum atomic E-state index is 0.326. The van der Waals surface area contributed by atoms with Crippen molar-refractivity contribution < 1.29 is 0 Å². The van der Waals surface area contributed by atoms with Crippen LogP contribution in [0.25, 0.3) is 0 Å². The van der Waals surface area contributed by atoms with Gasteiger partial charge in [0.2, 0.25) is 0 Å². The van der Waals surface area contributed by atoms with Gasteiger partial charge in [0.25, 0.3) is 0 Å². The van der Waals surface area contributed by atoms with Gasteiger partial charge in [-0.15, -0.1) is 0 Å². The van der Waals surface area contributed by atoms with E-state index in [0.29, 0.717) is 16.7 Å². The summed E-state index contributed by atoms with van der Waals surface area (Å²) >= 11 is 5.11. The number of hydrogen-bond acceptors (Lipinski definition) is 3. The lowest BCUT2D eigenvalue weighted by Crippen LogP contribution is -2.32. The van der Waals surface area contributed by atoms with Crippen molar-refractivity contribution in [1.29, 1.82) is 0 Å². The molecule has 3 nitrogen and oxygen atoms in total. The number of pyridine rings is 1. The first-order valence-corrected chi connectivity index (χ1v) is 7.06. The fourth-order valence-corrected chi connectivity index (χ4v) is 2.30. The topological polar surface area (TPSA) is 42.2 Å². The summed E-state index contributed by atoms with van der Waals surface area (Å²) < 4.78 is 0. The van der Waals surface area contributed by atoms with Crippen LogP contribution in [-0.4, -0.2) is 16.0 Å². The van der Waals surface area contributed by atoms with Crippen molar-refractivity contribution in [2.75, 3.05) is 4.90 Å². The number of nitrogens with zero attached hydrogens (tertiary/aromatic N) is 2. The summed E-state index contributed by atoms with van der Waals surface area (Å²) in [5.74, 6) is 0. The Kier molecular flexibility index (Phi) is 4.69. The molecule has 4 heteroatoms. The smallest absolute Gasteiger partial charge is 0.124 e. The van der Waals surface area contributed by atoms with Crippen LogP contribution < -0.4 is 10.6 Å². The third-order valence-electron chi connectivity index (χ3n) is 3.15. The second-order valence-electron chi connectivity index (χ2n) is 4.94. The summed E-state index contributed by atoms with van der Waals surface area (Å²) in [6.45, 7) is 5.11. The zero-order valence-electron chi connectivity index (χ0n) is 11.8. The van der Waals surface area contributed by atoms with Gasteiger partial charge in [-0.3, -0.25) is 4.98 Å². The molecular weight excluding hydrogens is 266 g/mol. The summed E-state index contributed by atoms with van der Waals surface area (Å²) in [4.78, 5) is 6.91. The second kappa shape index (κ2) is 6.48. The summed E-state index contributed by atoms with van der Waals surface area (Å²) in [6, 6.07) is 14.6. The number of hydrogen-bond donors (Lipinski definition) is 1. The van der Waals surface area contributed by atoms with Crippen molar-refractivity contribution in [1.82, 2.24) is 4.98 Å². The van der Waals surface area contributed by atoms with Gasteiger partial charge in [-0.1, -0.05) is 42.5 Å². The molecule has 0 unspecified atom stereocenters. The van der Waals surface area contributed by atoms with E-state index in [1.54, 1.807) is 6.20 Å². The highest BCUT2D eigenvalue weighted by Crippen LogP contribution is 2.23. The predicted octanol–water partition coefficient (Wildman–Crippen LogP) is 3.13. The Morgan fingerprint density at radius 1 is 1.20 bits per heavy atom. The molecule has 1 aromatic carbocycles. The van der Waals surface area contributed by atoms with Gasteiger partial charge in [-0.05, 0) is 31.5 Å². The van der Waals surface area contributed by atoms with E-state index >= 15 is 0 Å². The fraction of sp³-hybridized carbons (Fsp3) is 0.250. The molecule has 2 aromatic rings. The molecule has 2 rings (SSSR count). The Balaban J connectivity index is 2.37. The normalized spacial score (nSPS) is 10.6. The predicted molar refractivity (Wildman–Crippen MR) is 87.9 cm³/mol. The van der Waals surface area contributed by atoms with Gasteiger partial charge >= 0.3 is 0 Å². The molecule has 0 atom stereocenters. The number of anilines is 1. The van der Waals surface area contributed by atoms with Crippen LogP contribution in [0.4, 0.5) is 5.69 Å². The quantitative estimate of drug-likeness (QED) is 0.857. The Morgan fingerprint density at radius 2 is 1.90 bits per heavy atom. The molecule has 0 spiro atoms. The number of nitrogens with two attached hydrogens (primary N) is 1. The maximum atomic E-state index is 5.79. The molecule has 0 bridgehead atoms. The molecule has 0 saturated carbocycles.